The van der Waals surface area contributed by atoms with Crippen LogP contribution in [0.25, 0.3) is 0 Å². The van der Waals surface area contributed by atoms with Crippen LogP contribution in [0.2, 0.25) is 0 Å². The molecule has 2 aliphatic rings. The monoisotopic (exact) mass is 268 g/mol. The molecular weight excluding hydrogens is 244 g/mol. The van der Waals surface area contributed by atoms with Gasteiger partial charge >= 0.3 is 11.9 Å². The molecule has 1 spiro atoms. The van der Waals surface area contributed by atoms with Crippen LogP contribution in [0.15, 0.2) is 0 Å². The fraction of sp³-hybridized carbons (Fsp3) is 0.867. The Balaban J connectivity index is 1.78. The maximum atomic E-state index is 11.0. The molecule has 0 bridgehead atoms. The van der Waals surface area contributed by atoms with E-state index >= 15 is 0 Å². The van der Waals surface area contributed by atoms with Gasteiger partial charge in [0.05, 0.1) is 0 Å². The Hall–Kier alpha value is -1.06. The predicted molar refractivity (Wildman–Crippen MR) is 70.5 cm³/mol. The second-order valence-electron chi connectivity index (χ2n) is 6.12. The topological polar surface area (TPSA) is 52.6 Å². The maximum Gasteiger partial charge on any atom is 0.302 e. The maximum absolute atomic E-state index is 11.0. The van der Waals surface area contributed by atoms with Crippen LogP contribution in [-0.4, -0.2) is 24.1 Å². The molecule has 0 atom stereocenters. The first-order valence-electron chi connectivity index (χ1n) is 7.34. The third-order valence-electron chi connectivity index (χ3n) is 4.65. The van der Waals surface area contributed by atoms with E-state index in [1.807, 2.05) is 0 Å². The van der Waals surface area contributed by atoms with Crippen molar-refractivity contribution >= 4 is 11.9 Å². The van der Waals surface area contributed by atoms with E-state index in [9.17, 15) is 9.59 Å². The van der Waals surface area contributed by atoms with Crippen LogP contribution in [0.1, 0.15) is 65.2 Å². The molecule has 0 saturated heterocycles. The second-order valence-corrected chi connectivity index (χ2v) is 6.12. The van der Waals surface area contributed by atoms with Crippen molar-refractivity contribution in [3.05, 3.63) is 0 Å². The van der Waals surface area contributed by atoms with E-state index in [2.05, 4.69) is 0 Å². The summed E-state index contributed by atoms with van der Waals surface area (Å²) in [6.45, 7) is 2.96. The molecule has 0 radical (unpaired) electrons. The van der Waals surface area contributed by atoms with Crippen LogP contribution in [0, 0.1) is 5.41 Å². The first-order valence-corrected chi connectivity index (χ1v) is 7.34. The highest BCUT2D eigenvalue weighted by Gasteiger charge is 2.39. The lowest BCUT2D eigenvalue weighted by atomic mass is 9.64. The summed E-state index contributed by atoms with van der Waals surface area (Å²) in [5.74, 6) is -0.334. The molecule has 0 N–H and O–H groups in total. The summed E-state index contributed by atoms with van der Waals surface area (Å²) >= 11 is 0. The first-order chi connectivity index (χ1) is 8.99. The summed E-state index contributed by atoms with van der Waals surface area (Å²) in [4.78, 5) is 21.9. The van der Waals surface area contributed by atoms with Crippen molar-refractivity contribution in [3.8, 4) is 0 Å². The largest absolute Gasteiger partial charge is 0.463 e. The van der Waals surface area contributed by atoms with Crippen LogP contribution in [-0.2, 0) is 19.1 Å². The zero-order chi connectivity index (χ0) is 13.9. The van der Waals surface area contributed by atoms with Crippen LogP contribution < -0.4 is 0 Å². The number of carbonyl (C=O) groups is 2. The van der Waals surface area contributed by atoms with Crippen molar-refractivity contribution in [2.24, 2.45) is 5.41 Å². The van der Waals surface area contributed by atoms with Gasteiger partial charge in [-0.3, -0.25) is 9.59 Å². The Bertz CT molecular complexity index is 297. The second kappa shape index (κ2) is 5.93. The molecular formula is C15H24O4. The summed E-state index contributed by atoms with van der Waals surface area (Å²) in [6, 6.07) is 0. The average molecular weight is 268 g/mol. The molecule has 0 unspecified atom stereocenters. The molecule has 2 aliphatic carbocycles. The normalized spacial score (nSPS) is 34.8. The van der Waals surface area contributed by atoms with Crippen molar-refractivity contribution in [2.75, 3.05) is 0 Å². The van der Waals surface area contributed by atoms with E-state index < -0.39 is 0 Å². The molecule has 0 aromatic carbocycles. The van der Waals surface area contributed by atoms with Gasteiger partial charge < -0.3 is 9.47 Å². The third-order valence-corrected chi connectivity index (χ3v) is 4.65. The Labute approximate surface area is 114 Å². The number of carbonyl (C=O) groups excluding carboxylic acids is 2. The molecule has 0 aromatic rings. The molecule has 0 aromatic heterocycles. The van der Waals surface area contributed by atoms with E-state index in [-0.39, 0.29) is 24.1 Å². The van der Waals surface area contributed by atoms with Gasteiger partial charge in [-0.25, -0.2) is 0 Å². The van der Waals surface area contributed by atoms with E-state index in [0.717, 1.165) is 51.4 Å². The van der Waals surface area contributed by atoms with Crippen LogP contribution in [0.4, 0.5) is 0 Å². The van der Waals surface area contributed by atoms with Gasteiger partial charge in [0, 0.05) is 13.8 Å². The van der Waals surface area contributed by atoms with E-state index in [0.29, 0.717) is 5.41 Å². The summed E-state index contributed by atoms with van der Waals surface area (Å²) in [5.41, 5.74) is 0.410. The van der Waals surface area contributed by atoms with Crippen LogP contribution in [0.3, 0.4) is 0 Å². The zero-order valence-corrected chi connectivity index (χ0v) is 11.9. The van der Waals surface area contributed by atoms with Gasteiger partial charge in [-0.15, -0.1) is 0 Å². The lowest BCUT2D eigenvalue weighted by molar-refractivity contribution is -0.151. The molecule has 2 rings (SSSR count). The van der Waals surface area contributed by atoms with Crippen molar-refractivity contribution in [1.29, 1.82) is 0 Å². The number of rotatable bonds is 2. The lowest BCUT2D eigenvalue weighted by Gasteiger charge is -2.44. The molecule has 4 nitrogen and oxygen atoms in total. The van der Waals surface area contributed by atoms with E-state index in [1.165, 1.54) is 13.8 Å². The van der Waals surface area contributed by atoms with Crippen LogP contribution >= 0.6 is 0 Å². The summed E-state index contributed by atoms with van der Waals surface area (Å²) in [5, 5.41) is 0. The Morgan fingerprint density at radius 2 is 1.11 bits per heavy atom. The Morgan fingerprint density at radius 3 is 1.37 bits per heavy atom. The molecule has 0 aliphatic heterocycles. The fourth-order valence-corrected chi connectivity index (χ4v) is 3.61. The molecule has 0 heterocycles. The third kappa shape index (κ3) is 3.95. The minimum atomic E-state index is -0.167. The highest BCUT2D eigenvalue weighted by molar-refractivity contribution is 5.66. The minimum absolute atomic E-state index is 0.120. The standard InChI is InChI=1S/C15H24O4/c1-11(16)18-13-3-7-15(8-4-13)9-5-14(6-10-15)19-12(2)17/h13-14H,3-10H2,1-2H3. The number of esters is 2. The van der Waals surface area contributed by atoms with Crippen molar-refractivity contribution in [2.45, 2.75) is 77.4 Å². The highest BCUT2D eigenvalue weighted by Crippen LogP contribution is 2.48. The Kier molecular flexibility index (Phi) is 4.48. The fourth-order valence-electron chi connectivity index (χ4n) is 3.61. The molecule has 2 saturated carbocycles. The first kappa shape index (κ1) is 14.4. The van der Waals surface area contributed by atoms with Gasteiger partial charge in [-0.2, -0.15) is 0 Å². The molecule has 19 heavy (non-hydrogen) atoms. The van der Waals surface area contributed by atoms with Crippen molar-refractivity contribution in [1.82, 2.24) is 0 Å². The van der Waals surface area contributed by atoms with Gasteiger partial charge in [0.2, 0.25) is 0 Å². The summed E-state index contributed by atoms with van der Waals surface area (Å²) < 4.78 is 10.6. The minimum Gasteiger partial charge on any atom is -0.463 e. The van der Waals surface area contributed by atoms with Gasteiger partial charge in [-0.05, 0) is 56.8 Å². The molecule has 108 valence electrons. The number of hydrogen-bond acceptors (Lipinski definition) is 4. The van der Waals surface area contributed by atoms with Gasteiger partial charge in [-0.1, -0.05) is 0 Å². The highest BCUT2D eigenvalue weighted by atomic mass is 16.5. The number of ether oxygens (including phenoxy) is 2. The van der Waals surface area contributed by atoms with Crippen LogP contribution in [0.5, 0.6) is 0 Å². The van der Waals surface area contributed by atoms with Gasteiger partial charge in [0.15, 0.2) is 0 Å². The van der Waals surface area contributed by atoms with Crippen molar-refractivity contribution < 1.29 is 19.1 Å². The smallest absolute Gasteiger partial charge is 0.302 e. The van der Waals surface area contributed by atoms with Crippen molar-refractivity contribution in [3.63, 3.8) is 0 Å². The van der Waals surface area contributed by atoms with E-state index in [4.69, 9.17) is 9.47 Å². The summed E-state index contributed by atoms with van der Waals surface area (Å²) in [6.07, 6.45) is 8.72. The zero-order valence-electron chi connectivity index (χ0n) is 11.9. The predicted octanol–water partition coefficient (Wildman–Crippen LogP) is 2.98. The summed E-state index contributed by atoms with van der Waals surface area (Å²) in [7, 11) is 0. The molecule has 0 amide bonds. The van der Waals surface area contributed by atoms with Gasteiger partial charge in [0.1, 0.15) is 12.2 Å². The molecule has 2 fully saturated rings. The van der Waals surface area contributed by atoms with Gasteiger partial charge in [0.25, 0.3) is 0 Å². The lowest BCUT2D eigenvalue weighted by Crippen LogP contribution is -2.37. The average Bonchev–Trinajstić information content (AvgIpc) is 2.34. The number of hydrogen-bond donors (Lipinski definition) is 0. The van der Waals surface area contributed by atoms with E-state index in [1.54, 1.807) is 0 Å². The SMILES string of the molecule is CC(=O)OC1CCC2(CC1)CCC(OC(C)=O)CC2. The Morgan fingerprint density at radius 1 is 0.789 bits per heavy atom. The quantitative estimate of drug-likeness (QED) is 0.722. The molecule has 4 heteroatoms.